The summed E-state index contributed by atoms with van der Waals surface area (Å²) < 4.78 is 2.08. The Labute approximate surface area is 177 Å². The minimum Gasteiger partial charge on any atom is -0.317 e. The molecule has 1 atom stereocenters. The number of hydrogen-bond acceptors (Lipinski definition) is 4. The van der Waals surface area contributed by atoms with Gasteiger partial charge in [0.25, 0.3) is 0 Å². The van der Waals surface area contributed by atoms with E-state index in [-0.39, 0.29) is 23.8 Å². The second-order valence-electron chi connectivity index (χ2n) is 8.85. The van der Waals surface area contributed by atoms with E-state index >= 15 is 0 Å². The van der Waals surface area contributed by atoms with Crippen LogP contribution in [0.5, 0.6) is 0 Å². The van der Waals surface area contributed by atoms with Gasteiger partial charge in [-0.1, -0.05) is 6.07 Å². The van der Waals surface area contributed by atoms with Crippen LogP contribution in [0.1, 0.15) is 45.6 Å². The van der Waals surface area contributed by atoms with Crippen molar-refractivity contribution in [2.75, 3.05) is 29.4 Å². The summed E-state index contributed by atoms with van der Waals surface area (Å²) in [6.07, 6.45) is 8.13. The summed E-state index contributed by atoms with van der Waals surface area (Å²) in [4.78, 5) is 29.1. The molecule has 1 saturated heterocycles. The molecule has 0 spiro atoms. The van der Waals surface area contributed by atoms with Crippen molar-refractivity contribution in [3.8, 4) is 11.1 Å². The Morgan fingerprint density at radius 1 is 1.07 bits per heavy atom. The van der Waals surface area contributed by atoms with Crippen LogP contribution in [-0.4, -0.2) is 47.3 Å². The van der Waals surface area contributed by atoms with E-state index in [1.165, 1.54) is 0 Å². The number of amides is 2. The highest BCUT2D eigenvalue weighted by atomic mass is 16.2. The molecule has 7 nitrogen and oxygen atoms in total. The van der Waals surface area contributed by atoms with Crippen molar-refractivity contribution in [1.29, 1.82) is 0 Å². The first kappa shape index (κ1) is 19.3. The molecule has 1 aromatic carbocycles. The van der Waals surface area contributed by atoms with E-state index in [1.54, 1.807) is 6.92 Å². The van der Waals surface area contributed by atoms with Gasteiger partial charge in [0.05, 0.1) is 29.7 Å². The second-order valence-corrected chi connectivity index (χ2v) is 8.85. The summed E-state index contributed by atoms with van der Waals surface area (Å²) >= 11 is 0. The number of piperidine rings is 1. The molecule has 0 bridgehead atoms. The first-order chi connectivity index (χ1) is 14.5. The number of aromatic nitrogens is 2. The Morgan fingerprint density at radius 2 is 1.83 bits per heavy atom. The zero-order chi connectivity index (χ0) is 20.8. The Hall–Kier alpha value is -2.67. The van der Waals surface area contributed by atoms with Crippen LogP contribution in [0.3, 0.4) is 0 Å². The minimum absolute atomic E-state index is 0.00810. The predicted octanol–water partition coefficient (Wildman–Crippen LogP) is 2.97. The van der Waals surface area contributed by atoms with Crippen LogP contribution in [-0.2, 0) is 9.59 Å². The predicted molar refractivity (Wildman–Crippen MR) is 117 cm³/mol. The molecule has 2 aromatic rings. The molecule has 1 saturated carbocycles. The fourth-order valence-electron chi connectivity index (χ4n) is 4.80. The zero-order valence-corrected chi connectivity index (χ0v) is 17.7. The van der Waals surface area contributed by atoms with Crippen molar-refractivity contribution < 1.29 is 9.59 Å². The van der Waals surface area contributed by atoms with Gasteiger partial charge in [-0.25, -0.2) is 0 Å². The minimum atomic E-state index is -0.0359. The molecule has 2 aliphatic heterocycles. The molecule has 0 unspecified atom stereocenters. The van der Waals surface area contributed by atoms with Crippen molar-refractivity contribution in [1.82, 2.24) is 15.1 Å². The van der Waals surface area contributed by atoms with Crippen molar-refractivity contribution in [2.45, 2.75) is 51.6 Å². The SMILES string of the molecule is CC(=O)N1c2ccc(-c3cnn(C4CCNCC4)c3)cc2N(C(=O)C2CC2)C[C@@H]1C. The summed E-state index contributed by atoms with van der Waals surface area (Å²) in [5.74, 6) is 0.336. The Morgan fingerprint density at radius 3 is 2.53 bits per heavy atom. The monoisotopic (exact) mass is 407 g/mol. The molecule has 0 radical (unpaired) electrons. The lowest BCUT2D eigenvalue weighted by molar-refractivity contribution is -0.120. The smallest absolute Gasteiger partial charge is 0.230 e. The quantitative estimate of drug-likeness (QED) is 0.849. The number of carbonyl (C=O) groups is 2. The van der Waals surface area contributed by atoms with Crippen LogP contribution in [0.25, 0.3) is 11.1 Å². The molecule has 2 fully saturated rings. The standard InChI is InChI=1S/C23H29N5O2/c1-15-13-26(23(30)17-3-4-17)22-11-18(5-6-21(22)28(15)16(2)29)19-12-25-27(14-19)20-7-9-24-10-8-20/h5-6,11-12,14-15,17,20,24H,3-4,7-10,13H2,1-2H3/t15-/m0/s1. The van der Waals surface area contributed by atoms with Crippen molar-refractivity contribution >= 4 is 23.2 Å². The molecular weight excluding hydrogens is 378 g/mol. The third-order valence-corrected chi connectivity index (χ3v) is 6.56. The van der Waals surface area contributed by atoms with Gasteiger partial charge in [0, 0.05) is 31.1 Å². The van der Waals surface area contributed by atoms with E-state index in [0.717, 1.165) is 61.3 Å². The van der Waals surface area contributed by atoms with Gasteiger partial charge in [-0.2, -0.15) is 5.10 Å². The van der Waals surface area contributed by atoms with Crippen LogP contribution in [0.15, 0.2) is 30.6 Å². The molecule has 1 aromatic heterocycles. The highest BCUT2D eigenvalue weighted by Crippen LogP contribution is 2.42. The Balaban J connectivity index is 1.51. The second kappa shape index (κ2) is 7.54. The molecule has 7 heteroatoms. The van der Waals surface area contributed by atoms with Crippen molar-refractivity contribution in [2.24, 2.45) is 5.92 Å². The number of hydrogen-bond donors (Lipinski definition) is 1. The lowest BCUT2D eigenvalue weighted by Crippen LogP contribution is -2.51. The van der Waals surface area contributed by atoms with E-state index in [4.69, 9.17) is 0 Å². The molecule has 3 aliphatic rings. The fraction of sp³-hybridized carbons (Fsp3) is 0.522. The summed E-state index contributed by atoms with van der Waals surface area (Å²) in [6.45, 7) is 6.19. The number of carbonyl (C=O) groups excluding carboxylic acids is 2. The van der Waals surface area contributed by atoms with Crippen molar-refractivity contribution in [3.05, 3.63) is 30.6 Å². The lowest BCUT2D eigenvalue weighted by atomic mass is 10.0. The molecule has 1 N–H and O–H groups in total. The van der Waals surface area contributed by atoms with Gasteiger partial charge in [0.1, 0.15) is 0 Å². The lowest BCUT2D eigenvalue weighted by Gasteiger charge is -2.41. The van der Waals surface area contributed by atoms with Gasteiger partial charge in [-0.15, -0.1) is 0 Å². The van der Waals surface area contributed by atoms with Gasteiger partial charge in [0.2, 0.25) is 11.8 Å². The normalized spacial score (nSPS) is 22.1. The largest absolute Gasteiger partial charge is 0.317 e. The fourth-order valence-corrected chi connectivity index (χ4v) is 4.80. The number of benzene rings is 1. The molecule has 3 heterocycles. The van der Waals surface area contributed by atoms with Gasteiger partial charge in [-0.05, 0) is 63.4 Å². The first-order valence-electron chi connectivity index (χ1n) is 11.0. The van der Waals surface area contributed by atoms with Gasteiger partial charge in [0.15, 0.2) is 0 Å². The van der Waals surface area contributed by atoms with Crippen LogP contribution >= 0.6 is 0 Å². The number of nitrogens with zero attached hydrogens (tertiary/aromatic N) is 4. The van der Waals surface area contributed by atoms with Crippen LogP contribution in [0.4, 0.5) is 11.4 Å². The highest BCUT2D eigenvalue weighted by Gasteiger charge is 2.39. The zero-order valence-electron chi connectivity index (χ0n) is 17.7. The topological polar surface area (TPSA) is 70.5 Å². The summed E-state index contributed by atoms with van der Waals surface area (Å²) in [5, 5.41) is 8.01. The number of nitrogens with one attached hydrogen (secondary N) is 1. The molecular formula is C23H29N5O2. The molecule has 158 valence electrons. The maximum absolute atomic E-state index is 13.0. The summed E-state index contributed by atoms with van der Waals surface area (Å²) in [6, 6.07) is 6.47. The van der Waals surface area contributed by atoms with E-state index in [0.29, 0.717) is 12.6 Å². The van der Waals surface area contributed by atoms with E-state index in [9.17, 15) is 9.59 Å². The van der Waals surface area contributed by atoms with Crippen LogP contribution in [0, 0.1) is 5.92 Å². The number of anilines is 2. The highest BCUT2D eigenvalue weighted by molar-refractivity contribution is 6.06. The number of rotatable bonds is 3. The van der Waals surface area contributed by atoms with Crippen molar-refractivity contribution in [3.63, 3.8) is 0 Å². The van der Waals surface area contributed by atoms with Crippen LogP contribution < -0.4 is 15.1 Å². The van der Waals surface area contributed by atoms with Gasteiger partial charge in [-0.3, -0.25) is 14.3 Å². The van der Waals surface area contributed by atoms with E-state index in [2.05, 4.69) is 27.4 Å². The first-order valence-corrected chi connectivity index (χ1v) is 11.0. The Bertz CT molecular complexity index is 974. The molecule has 30 heavy (non-hydrogen) atoms. The Kier molecular flexibility index (Phi) is 4.85. The van der Waals surface area contributed by atoms with Gasteiger partial charge >= 0.3 is 0 Å². The van der Waals surface area contributed by atoms with E-state index in [1.807, 2.05) is 35.1 Å². The van der Waals surface area contributed by atoms with Crippen LogP contribution in [0.2, 0.25) is 0 Å². The molecule has 5 rings (SSSR count). The molecule has 2 amide bonds. The average Bonchev–Trinajstić information content (AvgIpc) is 3.49. The summed E-state index contributed by atoms with van der Waals surface area (Å²) in [7, 11) is 0. The van der Waals surface area contributed by atoms with E-state index < -0.39 is 0 Å². The average molecular weight is 408 g/mol. The molecule has 1 aliphatic carbocycles. The van der Waals surface area contributed by atoms with Gasteiger partial charge < -0.3 is 15.1 Å². The maximum atomic E-state index is 13.0. The third-order valence-electron chi connectivity index (χ3n) is 6.56. The maximum Gasteiger partial charge on any atom is 0.230 e. The third kappa shape index (κ3) is 3.41. The summed E-state index contributed by atoms with van der Waals surface area (Å²) in [5.41, 5.74) is 3.74. The number of fused-ring (bicyclic) bond motifs is 1.